The first kappa shape index (κ1) is 7.15. The van der Waals surface area contributed by atoms with Crippen molar-refractivity contribution in [2.24, 2.45) is 0 Å². The molecule has 0 spiro atoms. The van der Waals surface area contributed by atoms with Crippen LogP contribution in [0.4, 0.5) is 0 Å². The molecule has 0 saturated carbocycles. The third kappa shape index (κ3) is 2.02. The summed E-state index contributed by atoms with van der Waals surface area (Å²) in [6.45, 7) is 0. The zero-order chi connectivity index (χ0) is 6.69. The molecule has 0 atom stereocenters. The standard InChI is InChI=1S/C5H4Br2N2/c6-1-4-2-8-5(7)9-3-4/h2-3H,1H2. The van der Waals surface area contributed by atoms with Crippen molar-refractivity contribution in [2.45, 2.75) is 5.33 Å². The fourth-order valence-corrected chi connectivity index (χ4v) is 0.902. The van der Waals surface area contributed by atoms with Gasteiger partial charge in [-0.25, -0.2) is 9.97 Å². The third-order valence-electron chi connectivity index (χ3n) is 0.828. The zero-order valence-electron chi connectivity index (χ0n) is 4.51. The lowest BCUT2D eigenvalue weighted by atomic mass is 10.4. The van der Waals surface area contributed by atoms with E-state index in [9.17, 15) is 0 Å². The summed E-state index contributed by atoms with van der Waals surface area (Å²) in [5.41, 5.74) is 1.08. The normalized spacial score (nSPS) is 9.56. The van der Waals surface area contributed by atoms with Gasteiger partial charge in [-0.2, -0.15) is 0 Å². The highest BCUT2D eigenvalue weighted by Gasteiger charge is 1.89. The molecule has 0 aliphatic carbocycles. The summed E-state index contributed by atoms with van der Waals surface area (Å²) in [5.74, 6) is 0. The van der Waals surface area contributed by atoms with Crippen molar-refractivity contribution in [1.82, 2.24) is 9.97 Å². The summed E-state index contributed by atoms with van der Waals surface area (Å²) in [6, 6.07) is 0. The van der Waals surface area contributed by atoms with Crippen LogP contribution in [0, 0.1) is 0 Å². The molecular formula is C5H4Br2N2. The first-order chi connectivity index (χ1) is 4.33. The van der Waals surface area contributed by atoms with Gasteiger partial charge in [-0.05, 0) is 21.5 Å². The second-order valence-electron chi connectivity index (χ2n) is 1.49. The van der Waals surface area contributed by atoms with Crippen molar-refractivity contribution in [3.63, 3.8) is 0 Å². The molecule has 0 unspecified atom stereocenters. The van der Waals surface area contributed by atoms with Crippen molar-refractivity contribution in [2.75, 3.05) is 0 Å². The minimum Gasteiger partial charge on any atom is -0.230 e. The Balaban J connectivity index is 2.88. The molecule has 0 bridgehead atoms. The Morgan fingerprint density at radius 3 is 2.33 bits per heavy atom. The maximum absolute atomic E-state index is 3.93. The van der Waals surface area contributed by atoms with Crippen molar-refractivity contribution >= 4 is 31.9 Å². The van der Waals surface area contributed by atoms with Crippen LogP contribution < -0.4 is 0 Å². The van der Waals surface area contributed by atoms with E-state index in [1.807, 2.05) is 0 Å². The van der Waals surface area contributed by atoms with E-state index in [-0.39, 0.29) is 0 Å². The first-order valence-electron chi connectivity index (χ1n) is 2.35. The molecule has 0 aliphatic heterocycles. The summed E-state index contributed by atoms with van der Waals surface area (Å²) in [7, 11) is 0. The third-order valence-corrected chi connectivity index (χ3v) is 1.89. The molecular weight excluding hydrogens is 248 g/mol. The molecule has 1 aromatic rings. The van der Waals surface area contributed by atoms with Crippen LogP contribution in [0.1, 0.15) is 5.56 Å². The Bertz CT molecular complexity index is 185. The number of nitrogens with zero attached hydrogens (tertiary/aromatic N) is 2. The van der Waals surface area contributed by atoms with Crippen LogP contribution in [0.25, 0.3) is 0 Å². The lowest BCUT2D eigenvalue weighted by molar-refractivity contribution is 1.08. The average Bonchev–Trinajstić information content (AvgIpc) is 1.90. The number of alkyl halides is 1. The Kier molecular flexibility index (Phi) is 2.60. The highest BCUT2D eigenvalue weighted by atomic mass is 79.9. The van der Waals surface area contributed by atoms with Gasteiger partial charge in [0.1, 0.15) is 0 Å². The summed E-state index contributed by atoms with van der Waals surface area (Å²) in [6.07, 6.45) is 3.54. The van der Waals surface area contributed by atoms with Gasteiger partial charge in [-0.15, -0.1) is 0 Å². The average molecular weight is 252 g/mol. The second kappa shape index (κ2) is 3.27. The smallest absolute Gasteiger partial charge is 0.196 e. The molecule has 0 amide bonds. The molecule has 2 nitrogen and oxygen atoms in total. The van der Waals surface area contributed by atoms with Gasteiger partial charge in [0, 0.05) is 17.7 Å². The van der Waals surface area contributed by atoms with E-state index in [1.165, 1.54) is 0 Å². The Morgan fingerprint density at radius 1 is 1.33 bits per heavy atom. The molecule has 1 heterocycles. The molecule has 1 rings (SSSR count). The van der Waals surface area contributed by atoms with Gasteiger partial charge in [0.2, 0.25) is 0 Å². The molecule has 0 aromatic carbocycles. The van der Waals surface area contributed by atoms with Gasteiger partial charge >= 0.3 is 0 Å². The topological polar surface area (TPSA) is 25.8 Å². The second-order valence-corrected chi connectivity index (χ2v) is 2.76. The number of rotatable bonds is 1. The zero-order valence-corrected chi connectivity index (χ0v) is 7.68. The molecule has 0 radical (unpaired) electrons. The van der Waals surface area contributed by atoms with Crippen molar-refractivity contribution in [3.8, 4) is 0 Å². The fourth-order valence-electron chi connectivity index (χ4n) is 0.408. The van der Waals surface area contributed by atoms with Gasteiger partial charge in [0.25, 0.3) is 0 Å². The minimum atomic E-state index is 0.632. The maximum Gasteiger partial charge on any atom is 0.196 e. The molecule has 9 heavy (non-hydrogen) atoms. The Morgan fingerprint density at radius 2 is 1.89 bits per heavy atom. The van der Waals surface area contributed by atoms with Crippen LogP contribution in [0.15, 0.2) is 17.1 Å². The number of hydrogen-bond acceptors (Lipinski definition) is 2. The summed E-state index contributed by atoms with van der Waals surface area (Å²) in [5, 5.41) is 0.806. The van der Waals surface area contributed by atoms with E-state index in [4.69, 9.17) is 0 Å². The van der Waals surface area contributed by atoms with Gasteiger partial charge in [0.15, 0.2) is 4.73 Å². The van der Waals surface area contributed by atoms with Gasteiger partial charge in [-0.3, -0.25) is 0 Å². The highest BCUT2D eigenvalue weighted by Crippen LogP contribution is 2.04. The molecule has 48 valence electrons. The Hall–Kier alpha value is 0.0400. The van der Waals surface area contributed by atoms with E-state index in [1.54, 1.807) is 12.4 Å². The van der Waals surface area contributed by atoms with Crippen molar-refractivity contribution in [1.29, 1.82) is 0 Å². The van der Waals surface area contributed by atoms with Crippen molar-refractivity contribution in [3.05, 3.63) is 22.7 Å². The van der Waals surface area contributed by atoms with Crippen LogP contribution in [0.2, 0.25) is 0 Å². The van der Waals surface area contributed by atoms with Crippen LogP contribution in [0.3, 0.4) is 0 Å². The highest BCUT2D eigenvalue weighted by molar-refractivity contribution is 9.10. The molecule has 0 N–H and O–H groups in total. The van der Waals surface area contributed by atoms with Crippen LogP contribution >= 0.6 is 31.9 Å². The molecule has 1 aromatic heterocycles. The van der Waals surface area contributed by atoms with E-state index in [0.29, 0.717) is 4.73 Å². The van der Waals surface area contributed by atoms with E-state index in [2.05, 4.69) is 41.8 Å². The minimum absolute atomic E-state index is 0.632. The number of halogens is 2. The largest absolute Gasteiger partial charge is 0.230 e. The molecule has 0 fully saturated rings. The van der Waals surface area contributed by atoms with Crippen LogP contribution in [0.5, 0.6) is 0 Å². The predicted octanol–water partition coefficient (Wildman–Crippen LogP) is 2.13. The number of aromatic nitrogens is 2. The molecule has 4 heteroatoms. The summed E-state index contributed by atoms with van der Waals surface area (Å²) < 4.78 is 0.632. The SMILES string of the molecule is BrCc1cnc(Br)nc1. The van der Waals surface area contributed by atoms with E-state index >= 15 is 0 Å². The van der Waals surface area contributed by atoms with Gasteiger partial charge < -0.3 is 0 Å². The van der Waals surface area contributed by atoms with Crippen LogP contribution in [-0.2, 0) is 5.33 Å². The van der Waals surface area contributed by atoms with Crippen LogP contribution in [-0.4, -0.2) is 9.97 Å². The lowest BCUT2D eigenvalue weighted by Gasteiger charge is -1.90. The van der Waals surface area contributed by atoms with Gasteiger partial charge in [-0.1, -0.05) is 15.9 Å². The Labute approximate surface area is 70.0 Å². The predicted molar refractivity (Wildman–Crippen MR) is 42.4 cm³/mol. The van der Waals surface area contributed by atoms with Gasteiger partial charge in [0.05, 0.1) is 0 Å². The monoisotopic (exact) mass is 250 g/mol. The summed E-state index contributed by atoms with van der Waals surface area (Å²) in [4.78, 5) is 7.85. The quantitative estimate of drug-likeness (QED) is 0.565. The maximum atomic E-state index is 3.93. The van der Waals surface area contributed by atoms with E-state index < -0.39 is 0 Å². The lowest BCUT2D eigenvalue weighted by Crippen LogP contribution is -1.84. The fraction of sp³-hybridized carbons (Fsp3) is 0.200. The molecule has 0 saturated heterocycles. The summed E-state index contributed by atoms with van der Waals surface area (Å²) >= 11 is 6.42. The molecule has 0 aliphatic rings. The van der Waals surface area contributed by atoms with Crippen molar-refractivity contribution < 1.29 is 0 Å². The first-order valence-corrected chi connectivity index (χ1v) is 4.27. The number of hydrogen-bond donors (Lipinski definition) is 0. The van der Waals surface area contributed by atoms with E-state index in [0.717, 1.165) is 10.9 Å².